The molecule has 2 rings (SSSR count). The summed E-state index contributed by atoms with van der Waals surface area (Å²) >= 11 is 5.96. The summed E-state index contributed by atoms with van der Waals surface area (Å²) in [6, 6.07) is 5.28. The molecule has 0 saturated heterocycles. The van der Waals surface area contributed by atoms with Gasteiger partial charge in [-0.1, -0.05) is 11.6 Å². The third-order valence-corrected chi connectivity index (χ3v) is 2.79. The molecule has 0 saturated carbocycles. The van der Waals surface area contributed by atoms with Crippen molar-refractivity contribution in [3.8, 4) is 0 Å². The summed E-state index contributed by atoms with van der Waals surface area (Å²) in [5.74, 6) is 0.194. The van der Waals surface area contributed by atoms with Gasteiger partial charge >= 0.3 is 0 Å². The fourth-order valence-corrected chi connectivity index (χ4v) is 2.05. The number of imidazole rings is 1. The molecule has 0 bridgehead atoms. The van der Waals surface area contributed by atoms with Crippen LogP contribution in [0.4, 0.5) is 5.95 Å². The maximum Gasteiger partial charge on any atom is 0.240 e. The Hall–Kier alpha value is -1.75. The molecule has 0 aliphatic rings. The van der Waals surface area contributed by atoms with Gasteiger partial charge in [-0.05, 0) is 39.0 Å². The number of carbonyl (C=O) groups excluding carboxylic acids is 1. The molecule has 0 atom stereocenters. The minimum absolute atomic E-state index is 0.113. The van der Waals surface area contributed by atoms with E-state index in [1.54, 1.807) is 22.8 Å². The van der Waals surface area contributed by atoms with Gasteiger partial charge in [-0.15, -0.1) is 0 Å². The number of carbonyl (C=O) groups is 1. The molecule has 1 aromatic heterocycles. The molecule has 19 heavy (non-hydrogen) atoms. The van der Waals surface area contributed by atoms with E-state index in [0.29, 0.717) is 11.0 Å². The number of halogens is 1. The van der Waals surface area contributed by atoms with Crippen LogP contribution in [0.5, 0.6) is 0 Å². The first-order valence-electron chi connectivity index (χ1n) is 5.98. The Morgan fingerprint density at radius 3 is 2.79 bits per heavy atom. The summed E-state index contributed by atoms with van der Waals surface area (Å²) in [6.45, 7) is 5.91. The Kier molecular flexibility index (Phi) is 3.41. The smallest absolute Gasteiger partial charge is 0.240 e. The third kappa shape index (κ3) is 3.17. The third-order valence-electron chi connectivity index (χ3n) is 2.56. The van der Waals surface area contributed by atoms with E-state index in [0.717, 1.165) is 11.0 Å². The van der Waals surface area contributed by atoms with Crippen molar-refractivity contribution in [3.05, 3.63) is 23.2 Å². The van der Waals surface area contributed by atoms with Crippen LogP contribution in [0.1, 0.15) is 20.8 Å². The highest BCUT2D eigenvalue weighted by atomic mass is 35.5. The number of amides is 1. The Balaban J connectivity index is 2.32. The number of nitrogens with one attached hydrogen (secondary N) is 1. The lowest BCUT2D eigenvalue weighted by molar-refractivity contribution is -0.122. The van der Waals surface area contributed by atoms with E-state index < -0.39 is 0 Å². The molecule has 1 aromatic carbocycles. The second kappa shape index (κ2) is 4.74. The van der Waals surface area contributed by atoms with Gasteiger partial charge in [-0.3, -0.25) is 4.79 Å². The van der Waals surface area contributed by atoms with E-state index in [-0.39, 0.29) is 18.0 Å². The Morgan fingerprint density at radius 2 is 2.16 bits per heavy atom. The fourth-order valence-electron chi connectivity index (χ4n) is 1.88. The van der Waals surface area contributed by atoms with Gasteiger partial charge in [-0.25, -0.2) is 4.98 Å². The Morgan fingerprint density at radius 1 is 1.47 bits per heavy atom. The molecular formula is C13H17ClN4O. The van der Waals surface area contributed by atoms with Crippen molar-refractivity contribution < 1.29 is 4.79 Å². The first kappa shape index (κ1) is 13.7. The summed E-state index contributed by atoms with van der Waals surface area (Å²) in [5, 5.41) is 3.48. The van der Waals surface area contributed by atoms with Crippen molar-refractivity contribution in [2.45, 2.75) is 32.9 Å². The van der Waals surface area contributed by atoms with Crippen LogP contribution in [0.25, 0.3) is 11.0 Å². The number of nitrogens with two attached hydrogens (primary N) is 1. The molecule has 2 aromatic rings. The number of anilines is 1. The SMILES string of the molecule is CC(C)(C)NC(=O)Cn1c(N)nc2ccc(Cl)cc21. The van der Waals surface area contributed by atoms with Crippen LogP contribution in [-0.4, -0.2) is 21.0 Å². The maximum atomic E-state index is 12.0. The van der Waals surface area contributed by atoms with E-state index in [9.17, 15) is 4.79 Å². The molecule has 0 fully saturated rings. The normalized spacial score (nSPS) is 11.8. The standard InChI is InChI=1S/C13H17ClN4O/c1-13(2,3)17-11(19)7-18-10-6-8(14)4-5-9(10)16-12(18)15/h4-6H,7H2,1-3H3,(H2,15,16)(H,17,19). The van der Waals surface area contributed by atoms with E-state index >= 15 is 0 Å². The minimum Gasteiger partial charge on any atom is -0.369 e. The predicted octanol–water partition coefficient (Wildman–Crippen LogP) is 2.19. The van der Waals surface area contributed by atoms with Crippen LogP contribution in [0.15, 0.2) is 18.2 Å². The van der Waals surface area contributed by atoms with Crippen molar-refractivity contribution in [2.24, 2.45) is 0 Å². The van der Waals surface area contributed by atoms with Crippen molar-refractivity contribution in [3.63, 3.8) is 0 Å². The second-order valence-corrected chi connectivity index (χ2v) is 5.92. The van der Waals surface area contributed by atoms with E-state index in [2.05, 4.69) is 10.3 Å². The molecule has 6 heteroatoms. The minimum atomic E-state index is -0.278. The number of fused-ring (bicyclic) bond motifs is 1. The number of aromatic nitrogens is 2. The maximum absolute atomic E-state index is 12.0. The van der Waals surface area contributed by atoms with Crippen molar-refractivity contribution in [1.29, 1.82) is 0 Å². The van der Waals surface area contributed by atoms with Gasteiger partial charge in [0, 0.05) is 10.6 Å². The van der Waals surface area contributed by atoms with Gasteiger partial charge in [-0.2, -0.15) is 0 Å². The summed E-state index contributed by atoms with van der Waals surface area (Å²) < 4.78 is 1.66. The van der Waals surface area contributed by atoms with Gasteiger partial charge in [0.15, 0.2) is 0 Å². The average Bonchev–Trinajstić information content (AvgIpc) is 2.53. The molecule has 102 valence electrons. The highest BCUT2D eigenvalue weighted by Gasteiger charge is 2.16. The predicted molar refractivity (Wildman–Crippen MR) is 77.1 cm³/mol. The summed E-state index contributed by atoms with van der Waals surface area (Å²) in [7, 11) is 0. The second-order valence-electron chi connectivity index (χ2n) is 5.49. The van der Waals surface area contributed by atoms with E-state index in [1.807, 2.05) is 20.8 Å². The Bertz CT molecular complexity index is 627. The lowest BCUT2D eigenvalue weighted by atomic mass is 10.1. The molecule has 0 unspecified atom stereocenters. The zero-order valence-electron chi connectivity index (χ0n) is 11.2. The molecule has 0 radical (unpaired) electrons. The first-order valence-corrected chi connectivity index (χ1v) is 6.36. The molecule has 0 spiro atoms. The first-order chi connectivity index (χ1) is 8.76. The number of nitrogens with zero attached hydrogens (tertiary/aromatic N) is 2. The molecule has 1 heterocycles. The van der Waals surface area contributed by atoms with Crippen LogP contribution in [0, 0.1) is 0 Å². The average molecular weight is 281 g/mol. The monoisotopic (exact) mass is 280 g/mol. The van der Waals surface area contributed by atoms with Crippen molar-refractivity contribution in [1.82, 2.24) is 14.9 Å². The van der Waals surface area contributed by atoms with Crippen LogP contribution in [0.2, 0.25) is 5.02 Å². The van der Waals surface area contributed by atoms with Crippen molar-refractivity contribution >= 4 is 34.5 Å². The molecule has 5 nitrogen and oxygen atoms in total. The largest absolute Gasteiger partial charge is 0.369 e. The molecule has 1 amide bonds. The highest BCUT2D eigenvalue weighted by Crippen LogP contribution is 2.21. The molecule has 0 aliphatic heterocycles. The topological polar surface area (TPSA) is 72.9 Å². The summed E-state index contributed by atoms with van der Waals surface area (Å²) in [6.07, 6.45) is 0. The number of benzene rings is 1. The number of rotatable bonds is 2. The number of nitrogen functional groups attached to an aromatic ring is 1. The van der Waals surface area contributed by atoms with Gasteiger partial charge in [0.1, 0.15) is 6.54 Å². The molecule has 3 N–H and O–H groups in total. The lowest BCUT2D eigenvalue weighted by Gasteiger charge is -2.20. The zero-order valence-corrected chi connectivity index (χ0v) is 12.0. The summed E-state index contributed by atoms with van der Waals surface area (Å²) in [4.78, 5) is 16.2. The van der Waals surface area contributed by atoms with Crippen LogP contribution >= 0.6 is 11.6 Å². The van der Waals surface area contributed by atoms with Gasteiger partial charge < -0.3 is 15.6 Å². The van der Waals surface area contributed by atoms with E-state index in [1.165, 1.54) is 0 Å². The zero-order chi connectivity index (χ0) is 14.2. The number of hydrogen-bond acceptors (Lipinski definition) is 3. The van der Waals surface area contributed by atoms with Gasteiger partial charge in [0.2, 0.25) is 11.9 Å². The van der Waals surface area contributed by atoms with Crippen LogP contribution < -0.4 is 11.1 Å². The quantitative estimate of drug-likeness (QED) is 0.886. The molecular weight excluding hydrogens is 264 g/mol. The van der Waals surface area contributed by atoms with Gasteiger partial charge in [0.05, 0.1) is 11.0 Å². The lowest BCUT2D eigenvalue weighted by Crippen LogP contribution is -2.42. The molecule has 0 aliphatic carbocycles. The van der Waals surface area contributed by atoms with Crippen LogP contribution in [-0.2, 0) is 11.3 Å². The Labute approximate surface area is 116 Å². The fraction of sp³-hybridized carbons (Fsp3) is 0.385. The summed E-state index contributed by atoms with van der Waals surface area (Å²) in [5.41, 5.74) is 7.05. The van der Waals surface area contributed by atoms with E-state index in [4.69, 9.17) is 17.3 Å². The number of hydrogen-bond donors (Lipinski definition) is 2. The highest BCUT2D eigenvalue weighted by molar-refractivity contribution is 6.31. The van der Waals surface area contributed by atoms with Gasteiger partial charge in [0.25, 0.3) is 0 Å². The van der Waals surface area contributed by atoms with Crippen LogP contribution in [0.3, 0.4) is 0 Å². The van der Waals surface area contributed by atoms with Crippen molar-refractivity contribution in [2.75, 3.05) is 5.73 Å².